The molecule has 29 heavy (non-hydrogen) atoms. The van der Waals surface area contributed by atoms with Crippen LogP contribution in [0.2, 0.25) is 5.02 Å². The SMILES string of the molecule is CNc1noc2c(-c3ccc4c(N5CCOCC5C)nncc4c3)c(Cl)ccc12. The van der Waals surface area contributed by atoms with Gasteiger partial charge in [-0.3, -0.25) is 0 Å². The fourth-order valence-corrected chi connectivity index (χ4v) is 4.17. The van der Waals surface area contributed by atoms with Gasteiger partial charge in [-0.05, 0) is 36.8 Å². The molecule has 148 valence electrons. The molecule has 0 amide bonds. The fourth-order valence-electron chi connectivity index (χ4n) is 3.91. The number of morpholine rings is 1. The minimum atomic E-state index is 0.251. The average Bonchev–Trinajstić information content (AvgIpc) is 3.16. The summed E-state index contributed by atoms with van der Waals surface area (Å²) in [6.07, 6.45) is 1.78. The minimum absolute atomic E-state index is 0.251. The molecule has 1 aliphatic heterocycles. The lowest BCUT2D eigenvalue weighted by Crippen LogP contribution is -2.44. The molecule has 1 unspecified atom stereocenters. The van der Waals surface area contributed by atoms with Gasteiger partial charge in [0.25, 0.3) is 0 Å². The molecule has 2 aromatic heterocycles. The van der Waals surface area contributed by atoms with Crippen LogP contribution >= 0.6 is 11.6 Å². The maximum atomic E-state index is 6.56. The maximum absolute atomic E-state index is 6.56. The van der Waals surface area contributed by atoms with Crippen LogP contribution < -0.4 is 10.2 Å². The Bertz CT molecular complexity index is 1210. The van der Waals surface area contributed by atoms with Crippen LogP contribution in [0.25, 0.3) is 32.9 Å². The molecule has 0 bridgehead atoms. The number of fused-ring (bicyclic) bond motifs is 2. The van der Waals surface area contributed by atoms with Crippen molar-refractivity contribution in [2.24, 2.45) is 0 Å². The summed E-state index contributed by atoms with van der Waals surface area (Å²) in [5.41, 5.74) is 2.42. The third-order valence-corrected chi connectivity index (χ3v) is 5.71. The zero-order valence-electron chi connectivity index (χ0n) is 16.1. The number of halogens is 1. The van der Waals surface area contributed by atoms with Crippen LogP contribution in [-0.4, -0.2) is 48.2 Å². The van der Waals surface area contributed by atoms with Crippen molar-refractivity contribution >= 4 is 45.0 Å². The molecule has 0 aliphatic carbocycles. The van der Waals surface area contributed by atoms with E-state index in [4.69, 9.17) is 20.9 Å². The number of ether oxygens (including phenoxy) is 1. The van der Waals surface area contributed by atoms with Crippen molar-refractivity contribution in [2.45, 2.75) is 13.0 Å². The Hall–Kier alpha value is -2.90. The predicted molar refractivity (Wildman–Crippen MR) is 115 cm³/mol. The second-order valence-corrected chi connectivity index (χ2v) is 7.57. The summed E-state index contributed by atoms with van der Waals surface area (Å²) in [6.45, 7) is 4.31. The van der Waals surface area contributed by atoms with E-state index in [0.29, 0.717) is 29.6 Å². The van der Waals surface area contributed by atoms with Crippen LogP contribution in [0.5, 0.6) is 0 Å². The summed E-state index contributed by atoms with van der Waals surface area (Å²) >= 11 is 6.56. The van der Waals surface area contributed by atoms with Gasteiger partial charge in [0.2, 0.25) is 0 Å². The molecule has 1 aliphatic rings. The number of benzene rings is 2. The zero-order chi connectivity index (χ0) is 20.0. The monoisotopic (exact) mass is 409 g/mol. The summed E-state index contributed by atoms with van der Waals surface area (Å²) < 4.78 is 11.2. The molecular weight excluding hydrogens is 390 g/mol. The lowest BCUT2D eigenvalue weighted by molar-refractivity contribution is 0.0986. The molecule has 0 saturated carbocycles. The lowest BCUT2D eigenvalue weighted by Gasteiger charge is -2.34. The zero-order valence-corrected chi connectivity index (χ0v) is 16.9. The number of nitrogens with one attached hydrogen (secondary N) is 1. The summed E-state index contributed by atoms with van der Waals surface area (Å²) in [6, 6.07) is 10.2. The van der Waals surface area contributed by atoms with Crippen LogP contribution in [0, 0.1) is 0 Å². The average molecular weight is 410 g/mol. The molecule has 0 radical (unpaired) electrons. The number of anilines is 2. The predicted octanol–water partition coefficient (Wildman–Crippen LogP) is 4.36. The first-order valence-electron chi connectivity index (χ1n) is 9.53. The van der Waals surface area contributed by atoms with Gasteiger partial charge in [0.05, 0.1) is 35.9 Å². The Morgan fingerprint density at radius 2 is 2.07 bits per heavy atom. The van der Waals surface area contributed by atoms with Gasteiger partial charge < -0.3 is 19.5 Å². The van der Waals surface area contributed by atoms with E-state index in [-0.39, 0.29) is 6.04 Å². The molecule has 1 N–H and O–H groups in total. The molecule has 1 fully saturated rings. The highest BCUT2D eigenvalue weighted by atomic mass is 35.5. The van der Waals surface area contributed by atoms with Gasteiger partial charge in [-0.15, -0.1) is 5.10 Å². The highest BCUT2D eigenvalue weighted by Gasteiger charge is 2.23. The van der Waals surface area contributed by atoms with E-state index in [1.54, 1.807) is 6.20 Å². The molecule has 8 heteroatoms. The Morgan fingerprint density at radius 3 is 2.90 bits per heavy atom. The Balaban J connectivity index is 1.66. The maximum Gasteiger partial charge on any atom is 0.178 e. The quantitative estimate of drug-likeness (QED) is 0.538. The highest BCUT2D eigenvalue weighted by molar-refractivity contribution is 6.35. The van der Waals surface area contributed by atoms with Gasteiger partial charge >= 0.3 is 0 Å². The topological polar surface area (TPSA) is 76.3 Å². The van der Waals surface area contributed by atoms with Crippen LogP contribution in [0.4, 0.5) is 11.6 Å². The van der Waals surface area contributed by atoms with E-state index >= 15 is 0 Å². The summed E-state index contributed by atoms with van der Waals surface area (Å²) in [4.78, 5) is 2.25. The normalized spacial score (nSPS) is 17.2. The van der Waals surface area contributed by atoms with Crippen LogP contribution in [0.1, 0.15) is 6.92 Å². The molecule has 4 aromatic rings. The van der Waals surface area contributed by atoms with Crippen molar-refractivity contribution < 1.29 is 9.26 Å². The number of hydrogen-bond acceptors (Lipinski definition) is 7. The molecular formula is C21H20ClN5O2. The van der Waals surface area contributed by atoms with E-state index in [2.05, 4.69) is 44.6 Å². The third kappa shape index (κ3) is 2.97. The van der Waals surface area contributed by atoms with Crippen LogP contribution in [-0.2, 0) is 4.74 Å². The minimum Gasteiger partial charge on any atom is -0.377 e. The summed E-state index contributed by atoms with van der Waals surface area (Å²) in [5.74, 6) is 1.57. The molecule has 3 heterocycles. The van der Waals surface area contributed by atoms with Gasteiger partial charge in [0, 0.05) is 29.9 Å². The van der Waals surface area contributed by atoms with E-state index in [1.807, 2.05) is 25.2 Å². The van der Waals surface area contributed by atoms with Crippen molar-refractivity contribution in [3.8, 4) is 11.1 Å². The lowest BCUT2D eigenvalue weighted by atomic mass is 10.00. The molecule has 1 saturated heterocycles. The van der Waals surface area contributed by atoms with Crippen molar-refractivity contribution in [3.63, 3.8) is 0 Å². The fraction of sp³-hybridized carbons (Fsp3) is 0.286. The van der Waals surface area contributed by atoms with Crippen molar-refractivity contribution in [1.29, 1.82) is 0 Å². The third-order valence-electron chi connectivity index (χ3n) is 5.40. The summed E-state index contributed by atoms with van der Waals surface area (Å²) in [7, 11) is 1.81. The Morgan fingerprint density at radius 1 is 1.21 bits per heavy atom. The Labute approximate surface area is 172 Å². The van der Waals surface area contributed by atoms with Crippen molar-refractivity contribution in [2.75, 3.05) is 37.0 Å². The highest BCUT2D eigenvalue weighted by Crippen LogP contribution is 2.39. The molecule has 2 aromatic carbocycles. The van der Waals surface area contributed by atoms with E-state index in [0.717, 1.165) is 39.6 Å². The first-order valence-corrected chi connectivity index (χ1v) is 9.91. The largest absolute Gasteiger partial charge is 0.377 e. The van der Waals surface area contributed by atoms with Crippen molar-refractivity contribution in [1.82, 2.24) is 15.4 Å². The number of nitrogens with zero attached hydrogens (tertiary/aromatic N) is 4. The van der Waals surface area contributed by atoms with Gasteiger partial charge in [-0.25, -0.2) is 0 Å². The van der Waals surface area contributed by atoms with E-state index in [1.165, 1.54) is 0 Å². The second kappa shape index (κ2) is 7.17. The first-order chi connectivity index (χ1) is 14.2. The first kappa shape index (κ1) is 18.1. The number of rotatable bonds is 3. The number of aromatic nitrogens is 3. The van der Waals surface area contributed by atoms with Crippen LogP contribution in [0.3, 0.4) is 0 Å². The molecule has 5 rings (SSSR count). The van der Waals surface area contributed by atoms with Crippen molar-refractivity contribution in [3.05, 3.63) is 41.6 Å². The second-order valence-electron chi connectivity index (χ2n) is 7.17. The number of hydrogen-bond donors (Lipinski definition) is 1. The molecule has 1 atom stereocenters. The Kier molecular flexibility index (Phi) is 4.49. The van der Waals surface area contributed by atoms with Gasteiger partial charge in [0.1, 0.15) is 0 Å². The molecule has 0 spiro atoms. The van der Waals surface area contributed by atoms with E-state index in [9.17, 15) is 0 Å². The standard InChI is InChI=1S/C21H20ClN5O2/c1-12-11-28-8-7-27(12)21-15-4-3-13(9-14(15)10-24-25-21)18-17(22)6-5-16-19(18)29-26-20(16)23-2/h3-6,9-10,12H,7-8,11H2,1-2H3,(H,23,26). The summed E-state index contributed by atoms with van der Waals surface area (Å²) in [5, 5.41) is 19.4. The smallest absolute Gasteiger partial charge is 0.178 e. The van der Waals surface area contributed by atoms with E-state index < -0.39 is 0 Å². The van der Waals surface area contributed by atoms with Gasteiger partial charge in [-0.2, -0.15) is 5.10 Å². The van der Waals surface area contributed by atoms with Gasteiger partial charge in [0.15, 0.2) is 17.2 Å². The molecule has 7 nitrogen and oxygen atoms in total. The van der Waals surface area contributed by atoms with Gasteiger partial charge in [-0.1, -0.05) is 22.8 Å². The van der Waals surface area contributed by atoms with Crippen LogP contribution in [0.15, 0.2) is 41.1 Å².